The van der Waals surface area contributed by atoms with Crippen LogP contribution in [0.25, 0.3) is 5.47 Å². The molecule has 0 bridgehead atoms. The zero-order valence-corrected chi connectivity index (χ0v) is 22.6. The molecule has 11 heteroatoms. The van der Waals surface area contributed by atoms with Crippen LogP contribution in [0, 0.1) is 0 Å². The Morgan fingerprint density at radius 3 is 2.14 bits per heavy atom. The lowest BCUT2D eigenvalue weighted by Crippen LogP contribution is -2.41. The van der Waals surface area contributed by atoms with Gasteiger partial charge in [-0.05, 0) is 60.7 Å². The molecule has 0 saturated carbocycles. The number of hydrogen-bond donors (Lipinski definition) is 2. The SMILES string of the molecule is CN(C)/C=C(/B1OC(C)(C)C(C)(C)O1)c1cc(C(=O)NCCNC(=O)OC(C)(C)C)n(C)c1C=O. The number of alkyl carbamates (subject to hydrolysis) is 1. The van der Waals surface area contributed by atoms with Crippen LogP contribution in [0.3, 0.4) is 0 Å². The van der Waals surface area contributed by atoms with Gasteiger partial charge in [-0.3, -0.25) is 9.59 Å². The standard InChI is InChI=1S/C24H39BN4O6/c1-22(2,3)33-21(32)27-12-11-26-20(31)18-13-16(19(15-30)29(18)10)17(14-28(8)9)25-34-23(4,5)24(6,7)35-25/h13-15H,11-12H2,1-10H3,(H,26,31)(H,27,32)/b17-14+. The van der Waals surface area contributed by atoms with Crippen molar-refractivity contribution >= 4 is 30.9 Å². The van der Waals surface area contributed by atoms with Crippen LogP contribution in [-0.4, -0.2) is 78.9 Å². The van der Waals surface area contributed by atoms with Crippen LogP contribution < -0.4 is 10.6 Å². The zero-order valence-electron chi connectivity index (χ0n) is 22.6. The molecule has 1 saturated heterocycles. The van der Waals surface area contributed by atoms with E-state index in [1.165, 1.54) is 4.57 Å². The van der Waals surface area contributed by atoms with Crippen molar-refractivity contribution in [1.82, 2.24) is 20.1 Å². The predicted molar refractivity (Wildman–Crippen MR) is 135 cm³/mol. The summed E-state index contributed by atoms with van der Waals surface area (Å²) in [5.41, 5.74) is 0.0581. The van der Waals surface area contributed by atoms with Crippen molar-refractivity contribution in [2.24, 2.45) is 7.05 Å². The van der Waals surface area contributed by atoms with Gasteiger partial charge in [0.25, 0.3) is 5.91 Å². The summed E-state index contributed by atoms with van der Waals surface area (Å²) >= 11 is 0. The molecule has 10 nitrogen and oxygen atoms in total. The number of aromatic nitrogens is 1. The van der Waals surface area contributed by atoms with Crippen molar-refractivity contribution in [2.45, 2.75) is 65.3 Å². The second-order valence-electron chi connectivity index (χ2n) is 10.8. The molecule has 1 aliphatic rings. The molecule has 0 radical (unpaired) electrons. The van der Waals surface area contributed by atoms with Crippen LogP contribution in [0.15, 0.2) is 12.3 Å². The Hall–Kier alpha value is -2.79. The van der Waals surface area contributed by atoms with Gasteiger partial charge in [-0.1, -0.05) is 0 Å². The summed E-state index contributed by atoms with van der Waals surface area (Å²) in [6, 6.07) is 1.65. The van der Waals surface area contributed by atoms with Gasteiger partial charge in [0, 0.05) is 45.3 Å². The minimum atomic E-state index is -0.725. The van der Waals surface area contributed by atoms with Gasteiger partial charge in [0.2, 0.25) is 0 Å². The Labute approximate surface area is 208 Å². The topological polar surface area (TPSA) is 111 Å². The van der Waals surface area contributed by atoms with Gasteiger partial charge >= 0.3 is 13.2 Å². The summed E-state index contributed by atoms with van der Waals surface area (Å²) in [5.74, 6) is -0.383. The Kier molecular flexibility index (Phi) is 8.50. The Morgan fingerprint density at radius 2 is 1.66 bits per heavy atom. The summed E-state index contributed by atoms with van der Waals surface area (Å²) in [6.07, 6.45) is 1.99. The van der Waals surface area contributed by atoms with E-state index >= 15 is 0 Å². The first-order valence-electron chi connectivity index (χ1n) is 11.6. The number of aldehydes is 1. The molecular weight excluding hydrogens is 451 g/mol. The van der Waals surface area contributed by atoms with E-state index < -0.39 is 30.0 Å². The van der Waals surface area contributed by atoms with Gasteiger partial charge in [0.15, 0.2) is 6.29 Å². The lowest BCUT2D eigenvalue weighted by Gasteiger charge is -2.32. The van der Waals surface area contributed by atoms with Crippen molar-refractivity contribution < 1.29 is 28.4 Å². The van der Waals surface area contributed by atoms with Crippen molar-refractivity contribution in [3.63, 3.8) is 0 Å². The molecule has 0 aromatic carbocycles. The third-order valence-corrected chi connectivity index (χ3v) is 5.92. The van der Waals surface area contributed by atoms with E-state index in [0.29, 0.717) is 28.7 Å². The van der Waals surface area contributed by atoms with Crippen LogP contribution in [0.5, 0.6) is 0 Å². The fourth-order valence-electron chi connectivity index (χ4n) is 3.46. The van der Waals surface area contributed by atoms with Crippen LogP contribution in [-0.2, 0) is 21.1 Å². The summed E-state index contributed by atoms with van der Waals surface area (Å²) in [4.78, 5) is 38.6. The highest BCUT2D eigenvalue weighted by Gasteiger charge is 2.53. The second-order valence-corrected chi connectivity index (χ2v) is 10.8. The molecule has 0 unspecified atom stereocenters. The third-order valence-electron chi connectivity index (χ3n) is 5.92. The Morgan fingerprint density at radius 1 is 1.11 bits per heavy atom. The van der Waals surface area contributed by atoms with Gasteiger partial charge in [-0.15, -0.1) is 0 Å². The maximum absolute atomic E-state index is 12.9. The Bertz CT molecular complexity index is 975. The first kappa shape index (κ1) is 28.5. The fraction of sp³-hybridized carbons (Fsp3) is 0.625. The van der Waals surface area contributed by atoms with Gasteiger partial charge < -0.3 is 34.1 Å². The third kappa shape index (κ3) is 6.88. The van der Waals surface area contributed by atoms with E-state index in [1.807, 2.05) is 52.9 Å². The van der Waals surface area contributed by atoms with E-state index in [0.717, 1.165) is 0 Å². The highest BCUT2D eigenvalue weighted by Crippen LogP contribution is 2.41. The summed E-state index contributed by atoms with van der Waals surface area (Å²) in [7, 11) is 4.65. The summed E-state index contributed by atoms with van der Waals surface area (Å²) in [5, 5.41) is 5.35. The van der Waals surface area contributed by atoms with Crippen LogP contribution in [0.2, 0.25) is 0 Å². The summed E-state index contributed by atoms with van der Waals surface area (Å²) in [6.45, 7) is 13.5. The lowest BCUT2D eigenvalue weighted by molar-refractivity contribution is 0.00578. The fourth-order valence-corrected chi connectivity index (χ4v) is 3.46. The number of carbonyl (C=O) groups is 3. The first-order chi connectivity index (χ1) is 16.0. The predicted octanol–water partition coefficient (Wildman–Crippen LogP) is 2.63. The average Bonchev–Trinajstić information content (AvgIpc) is 3.13. The molecule has 1 fully saturated rings. The van der Waals surface area contributed by atoms with E-state index in [1.54, 1.807) is 33.9 Å². The van der Waals surface area contributed by atoms with Gasteiger partial charge in [-0.2, -0.15) is 0 Å². The van der Waals surface area contributed by atoms with Crippen molar-refractivity contribution in [2.75, 3.05) is 27.2 Å². The maximum atomic E-state index is 12.9. The van der Waals surface area contributed by atoms with Crippen LogP contribution in [0.4, 0.5) is 4.79 Å². The molecule has 194 valence electrons. The quantitative estimate of drug-likeness (QED) is 0.327. The van der Waals surface area contributed by atoms with Crippen molar-refractivity contribution in [3.05, 3.63) is 29.2 Å². The highest BCUT2D eigenvalue weighted by molar-refractivity contribution is 6.69. The zero-order chi connectivity index (χ0) is 26.8. The summed E-state index contributed by atoms with van der Waals surface area (Å²) < 4.78 is 19.2. The van der Waals surface area contributed by atoms with Crippen molar-refractivity contribution in [3.8, 4) is 0 Å². The molecule has 2 amide bonds. The molecule has 0 aliphatic carbocycles. The number of carbonyl (C=O) groups excluding carboxylic acids is 3. The average molecular weight is 490 g/mol. The molecule has 0 spiro atoms. The number of ether oxygens (including phenoxy) is 1. The number of rotatable bonds is 8. The van der Waals surface area contributed by atoms with Crippen LogP contribution in [0.1, 0.15) is 75.0 Å². The van der Waals surface area contributed by atoms with E-state index in [-0.39, 0.29) is 19.0 Å². The van der Waals surface area contributed by atoms with E-state index in [9.17, 15) is 14.4 Å². The molecular formula is C24H39BN4O6. The van der Waals surface area contributed by atoms with Gasteiger partial charge in [0.1, 0.15) is 11.3 Å². The molecule has 2 N–H and O–H groups in total. The number of nitrogens with one attached hydrogen (secondary N) is 2. The highest BCUT2D eigenvalue weighted by atomic mass is 16.7. The smallest absolute Gasteiger partial charge is 0.444 e. The largest absolute Gasteiger partial charge is 0.497 e. The molecule has 2 rings (SSSR count). The number of nitrogens with zero attached hydrogens (tertiary/aromatic N) is 2. The van der Waals surface area contributed by atoms with Gasteiger partial charge in [0.05, 0.1) is 16.9 Å². The molecule has 1 aliphatic heterocycles. The minimum absolute atomic E-state index is 0.187. The number of amides is 2. The molecule has 1 aromatic heterocycles. The lowest BCUT2D eigenvalue weighted by atomic mass is 9.74. The second kappa shape index (κ2) is 10.5. The monoisotopic (exact) mass is 490 g/mol. The van der Waals surface area contributed by atoms with E-state index in [2.05, 4.69) is 10.6 Å². The maximum Gasteiger partial charge on any atom is 0.497 e. The minimum Gasteiger partial charge on any atom is -0.444 e. The number of hydrogen-bond acceptors (Lipinski definition) is 7. The van der Waals surface area contributed by atoms with Crippen LogP contribution >= 0.6 is 0 Å². The first-order valence-corrected chi connectivity index (χ1v) is 11.6. The molecule has 1 aromatic rings. The van der Waals surface area contributed by atoms with E-state index in [4.69, 9.17) is 14.0 Å². The molecule has 35 heavy (non-hydrogen) atoms. The van der Waals surface area contributed by atoms with Crippen molar-refractivity contribution in [1.29, 1.82) is 0 Å². The van der Waals surface area contributed by atoms with Gasteiger partial charge in [-0.25, -0.2) is 4.79 Å². The molecule has 0 atom stereocenters. The normalized spacial score (nSPS) is 17.2. The molecule has 2 heterocycles. The Balaban J connectivity index is 2.24.